The fourth-order valence-electron chi connectivity index (χ4n) is 4.92. The Balaban J connectivity index is 1.70. The van der Waals surface area contributed by atoms with Crippen molar-refractivity contribution in [1.29, 1.82) is 0 Å². The maximum absolute atomic E-state index is 13.9. The number of hydrogen-bond donors (Lipinski definition) is 2. The molecule has 1 fully saturated rings. The van der Waals surface area contributed by atoms with E-state index in [0.29, 0.717) is 11.3 Å². The molecule has 2 N–H and O–H groups in total. The van der Waals surface area contributed by atoms with Gasteiger partial charge in [0.15, 0.2) is 0 Å². The molecule has 10 nitrogen and oxygen atoms in total. The van der Waals surface area contributed by atoms with Crippen molar-refractivity contribution in [2.24, 2.45) is 0 Å². The molecule has 0 saturated carbocycles. The quantitative estimate of drug-likeness (QED) is 0.363. The van der Waals surface area contributed by atoms with Crippen molar-refractivity contribution in [3.63, 3.8) is 0 Å². The molecule has 1 unspecified atom stereocenters. The first-order valence-corrected chi connectivity index (χ1v) is 12.8. The van der Waals surface area contributed by atoms with Crippen LogP contribution in [0.4, 0.5) is 14.5 Å². The van der Waals surface area contributed by atoms with E-state index >= 15 is 0 Å². The Morgan fingerprint density at radius 3 is 2.29 bits per heavy atom. The molecule has 1 aliphatic rings. The molecule has 1 aromatic heterocycles. The number of nitrogens with one attached hydrogen (secondary N) is 1. The Morgan fingerprint density at radius 2 is 1.71 bits per heavy atom. The van der Waals surface area contributed by atoms with Gasteiger partial charge in [0.25, 0.3) is 11.5 Å². The molecule has 0 aliphatic carbocycles. The van der Waals surface area contributed by atoms with Gasteiger partial charge < -0.3 is 34.1 Å². The van der Waals surface area contributed by atoms with Crippen LogP contribution < -0.4 is 25.2 Å². The van der Waals surface area contributed by atoms with Crippen LogP contribution in [0.25, 0.3) is 0 Å². The van der Waals surface area contributed by atoms with Crippen LogP contribution in [-0.2, 0) is 9.53 Å². The summed E-state index contributed by atoms with van der Waals surface area (Å²) < 4.78 is 41.1. The molecule has 0 spiro atoms. The number of aryl methyl sites for hydroxylation is 1. The molecule has 4 rings (SSSR count). The second-order valence-electron chi connectivity index (χ2n) is 9.53. The van der Waals surface area contributed by atoms with E-state index in [1.807, 2.05) is 0 Å². The van der Waals surface area contributed by atoms with Crippen LogP contribution in [0.15, 0.2) is 65.6 Å². The highest BCUT2D eigenvalue weighted by atomic mass is 19.3. The number of hydrogen-bond acceptors (Lipinski definition) is 7. The van der Waals surface area contributed by atoms with Crippen molar-refractivity contribution in [2.75, 3.05) is 38.9 Å². The van der Waals surface area contributed by atoms with Crippen molar-refractivity contribution in [1.82, 2.24) is 9.88 Å². The van der Waals surface area contributed by atoms with Gasteiger partial charge in [-0.15, -0.1) is 0 Å². The minimum Gasteiger partial charge on any atom is -0.497 e. The summed E-state index contributed by atoms with van der Waals surface area (Å²) in [4.78, 5) is 42.1. The smallest absolute Gasteiger partial charge is 0.387 e. The number of aliphatic hydroxyl groups excluding tert-OH is 1. The molecule has 1 aliphatic heterocycles. The summed E-state index contributed by atoms with van der Waals surface area (Å²) in [7, 11) is 2.99. The zero-order valence-electron chi connectivity index (χ0n) is 22.8. The van der Waals surface area contributed by atoms with E-state index in [2.05, 4.69) is 10.1 Å². The number of benzene rings is 2. The van der Waals surface area contributed by atoms with Crippen LogP contribution in [0.2, 0.25) is 0 Å². The lowest BCUT2D eigenvalue weighted by Crippen LogP contribution is -2.45. The number of pyridine rings is 1. The minimum absolute atomic E-state index is 0.0845. The summed E-state index contributed by atoms with van der Waals surface area (Å²) in [6.45, 7) is -1.48. The Bertz CT molecular complexity index is 1430. The number of rotatable bonds is 11. The van der Waals surface area contributed by atoms with Crippen LogP contribution in [0.5, 0.6) is 11.5 Å². The summed E-state index contributed by atoms with van der Waals surface area (Å²) in [6, 6.07) is 12.1. The van der Waals surface area contributed by atoms with Crippen molar-refractivity contribution < 1.29 is 37.7 Å². The zero-order chi connectivity index (χ0) is 29.7. The molecular weight excluding hydrogens is 540 g/mol. The van der Waals surface area contributed by atoms with E-state index in [-0.39, 0.29) is 36.8 Å². The lowest BCUT2D eigenvalue weighted by molar-refractivity contribution is -0.118. The van der Waals surface area contributed by atoms with E-state index in [1.54, 1.807) is 43.5 Å². The Kier molecular flexibility index (Phi) is 9.35. The lowest BCUT2D eigenvalue weighted by atomic mass is 9.93. The SMILES string of the molecule is COCC(CO)n1ccc(C)c(N2C[C@@H](c3ccc(OC)cc3)[C@H](NC(=O)c3ccc(OC(F)F)cc3)C2=O)c1=O. The largest absolute Gasteiger partial charge is 0.497 e. The molecule has 41 heavy (non-hydrogen) atoms. The summed E-state index contributed by atoms with van der Waals surface area (Å²) in [5.41, 5.74) is 1.06. The summed E-state index contributed by atoms with van der Waals surface area (Å²) >= 11 is 0. The average Bonchev–Trinajstić information content (AvgIpc) is 3.27. The van der Waals surface area contributed by atoms with Crippen molar-refractivity contribution >= 4 is 17.5 Å². The van der Waals surface area contributed by atoms with Gasteiger partial charge in [-0.1, -0.05) is 12.1 Å². The highest BCUT2D eigenvalue weighted by Gasteiger charge is 2.44. The number of aliphatic hydroxyl groups is 1. The van der Waals surface area contributed by atoms with Gasteiger partial charge in [-0.3, -0.25) is 14.4 Å². The summed E-state index contributed by atoms with van der Waals surface area (Å²) in [5, 5.41) is 12.6. The number of nitrogens with zero attached hydrogens (tertiary/aromatic N) is 2. The number of alkyl halides is 2. The number of halogens is 2. The Hall–Kier alpha value is -4.29. The predicted octanol–water partition coefficient (Wildman–Crippen LogP) is 2.88. The molecule has 218 valence electrons. The standard InChI is InChI=1S/C29H31F2N3O7/c1-17-12-13-33(20(15-35)16-39-2)28(38)25(17)34-14-23(18-4-8-21(40-3)9-5-18)24(27(34)37)32-26(36)19-6-10-22(11-7-19)41-29(30)31/h4-13,20,23-24,29,35H,14-16H2,1-3H3,(H,32,36)/t20?,23-,24-/m0/s1. The monoisotopic (exact) mass is 571 g/mol. The first-order chi connectivity index (χ1) is 19.7. The lowest BCUT2D eigenvalue weighted by Gasteiger charge is -2.23. The van der Waals surface area contributed by atoms with Gasteiger partial charge in [0.1, 0.15) is 23.2 Å². The molecule has 2 aromatic carbocycles. The number of carbonyl (C=O) groups is 2. The second kappa shape index (κ2) is 12.9. The summed E-state index contributed by atoms with van der Waals surface area (Å²) in [6.07, 6.45) is 1.54. The minimum atomic E-state index is -3.00. The highest BCUT2D eigenvalue weighted by molar-refractivity contribution is 6.05. The predicted molar refractivity (Wildman–Crippen MR) is 146 cm³/mol. The summed E-state index contributed by atoms with van der Waals surface area (Å²) in [5.74, 6) is -1.14. The molecule has 1 saturated heterocycles. The number of methoxy groups -OCH3 is 2. The van der Waals surface area contributed by atoms with Crippen LogP contribution in [0.1, 0.15) is 33.4 Å². The third-order valence-electron chi connectivity index (χ3n) is 7.01. The molecular formula is C29H31F2N3O7. The Morgan fingerprint density at radius 1 is 1.05 bits per heavy atom. The van der Waals surface area contributed by atoms with E-state index in [9.17, 15) is 28.3 Å². The third-order valence-corrected chi connectivity index (χ3v) is 7.01. The first-order valence-electron chi connectivity index (χ1n) is 12.8. The number of ether oxygens (including phenoxy) is 3. The van der Waals surface area contributed by atoms with Crippen molar-refractivity contribution in [3.8, 4) is 11.5 Å². The van der Waals surface area contributed by atoms with Gasteiger partial charge in [0.05, 0.1) is 26.4 Å². The van der Waals surface area contributed by atoms with Crippen molar-refractivity contribution in [3.05, 3.63) is 87.8 Å². The van der Waals surface area contributed by atoms with E-state index in [0.717, 1.165) is 5.56 Å². The average molecular weight is 572 g/mol. The fourth-order valence-corrected chi connectivity index (χ4v) is 4.92. The van der Waals surface area contributed by atoms with Gasteiger partial charge in [0.2, 0.25) is 5.91 Å². The van der Waals surface area contributed by atoms with E-state index < -0.39 is 42.0 Å². The molecule has 3 atom stereocenters. The normalized spacial score (nSPS) is 17.5. The van der Waals surface area contributed by atoms with Gasteiger partial charge in [-0.2, -0.15) is 8.78 Å². The van der Waals surface area contributed by atoms with Crippen LogP contribution >= 0.6 is 0 Å². The van der Waals surface area contributed by atoms with Gasteiger partial charge >= 0.3 is 6.61 Å². The second-order valence-corrected chi connectivity index (χ2v) is 9.53. The van der Waals surface area contributed by atoms with Crippen LogP contribution in [-0.4, -0.2) is 68.1 Å². The topological polar surface area (TPSA) is 119 Å². The molecule has 0 radical (unpaired) electrons. The van der Waals surface area contributed by atoms with Crippen LogP contribution in [0.3, 0.4) is 0 Å². The maximum Gasteiger partial charge on any atom is 0.387 e. The molecule has 0 bridgehead atoms. The van der Waals surface area contributed by atoms with Crippen molar-refractivity contribution in [2.45, 2.75) is 31.5 Å². The van der Waals surface area contributed by atoms with E-state index in [4.69, 9.17) is 9.47 Å². The number of amides is 2. The van der Waals surface area contributed by atoms with Gasteiger partial charge in [-0.05, 0) is 60.5 Å². The van der Waals surface area contributed by atoms with Gasteiger partial charge in [0, 0.05) is 31.3 Å². The van der Waals surface area contributed by atoms with Gasteiger partial charge in [-0.25, -0.2) is 0 Å². The maximum atomic E-state index is 13.9. The third kappa shape index (κ3) is 6.39. The molecule has 12 heteroatoms. The zero-order valence-corrected chi connectivity index (χ0v) is 22.8. The molecule has 3 aromatic rings. The van der Waals surface area contributed by atoms with E-state index in [1.165, 1.54) is 48.0 Å². The number of carbonyl (C=O) groups excluding carboxylic acids is 2. The molecule has 2 amide bonds. The highest BCUT2D eigenvalue weighted by Crippen LogP contribution is 2.33. The number of anilines is 1. The molecule has 2 heterocycles. The number of aromatic nitrogens is 1. The Labute approximate surface area is 235 Å². The first kappa shape index (κ1) is 29.7. The fraction of sp³-hybridized carbons (Fsp3) is 0.345. The van der Waals surface area contributed by atoms with Crippen LogP contribution in [0, 0.1) is 6.92 Å².